The third-order valence-electron chi connectivity index (χ3n) is 3.93. The lowest BCUT2D eigenvalue weighted by atomic mass is 10.2. The fourth-order valence-electron chi connectivity index (χ4n) is 2.72. The Hall–Kier alpha value is -2.34. The Kier molecular flexibility index (Phi) is 6.39. The van der Waals surface area contributed by atoms with Gasteiger partial charge in [-0.05, 0) is 30.0 Å². The number of carbonyl (C=O) groups excluding carboxylic acids is 1. The lowest BCUT2D eigenvalue weighted by Crippen LogP contribution is -2.21. The minimum absolute atomic E-state index is 0.192. The molecule has 0 saturated carbocycles. The summed E-state index contributed by atoms with van der Waals surface area (Å²) in [5.41, 5.74) is 1.52. The monoisotopic (exact) mass is 430 g/mol. The molecule has 2 aromatic carbocycles. The Labute approximate surface area is 172 Å². The van der Waals surface area contributed by atoms with Crippen molar-refractivity contribution < 1.29 is 13.2 Å². The van der Waals surface area contributed by atoms with E-state index in [9.17, 15) is 13.2 Å². The molecule has 3 aromatic rings. The van der Waals surface area contributed by atoms with Crippen molar-refractivity contribution in [3.8, 4) is 12.3 Å². The molecule has 0 atom stereocenters. The van der Waals surface area contributed by atoms with Crippen LogP contribution in [-0.4, -0.2) is 30.9 Å². The molecule has 1 aromatic heterocycles. The Morgan fingerprint density at radius 2 is 2.00 bits per heavy atom. The molecule has 0 saturated heterocycles. The normalized spacial score (nSPS) is 12.2. The van der Waals surface area contributed by atoms with E-state index in [4.69, 9.17) is 6.42 Å². The third kappa shape index (κ3) is 4.93. The highest BCUT2D eigenvalue weighted by molar-refractivity contribution is 7.98. The number of benzene rings is 2. The van der Waals surface area contributed by atoms with Crippen molar-refractivity contribution >= 4 is 49.1 Å². The van der Waals surface area contributed by atoms with Crippen LogP contribution in [0.15, 0.2) is 58.4 Å². The van der Waals surface area contributed by atoms with Gasteiger partial charge < -0.3 is 4.57 Å². The van der Waals surface area contributed by atoms with Gasteiger partial charge in [-0.1, -0.05) is 47.6 Å². The third-order valence-corrected chi connectivity index (χ3v) is 7.16. The maximum absolute atomic E-state index is 12.4. The number of hydrogen-bond acceptors (Lipinski definition) is 5. The number of fused-ring (bicyclic) bond motifs is 1. The summed E-state index contributed by atoms with van der Waals surface area (Å²) < 4.78 is 27.4. The predicted octanol–water partition coefficient (Wildman–Crippen LogP) is 3.10. The highest BCUT2D eigenvalue weighted by Gasteiger charge is 2.18. The van der Waals surface area contributed by atoms with Crippen molar-refractivity contribution in [3.05, 3.63) is 58.9 Å². The molecule has 0 aliphatic heterocycles. The SMILES string of the molecule is C#CCn1c(=NC(=O)CS(=O)(=O)Cc2ccccc2)sc2cc(SC)ccc21. The molecule has 5 nitrogen and oxygen atoms in total. The van der Waals surface area contributed by atoms with Gasteiger partial charge in [-0.25, -0.2) is 8.42 Å². The molecule has 3 rings (SSSR count). The molecule has 1 heterocycles. The number of sulfone groups is 1. The Balaban J connectivity index is 1.91. The van der Waals surface area contributed by atoms with Crippen molar-refractivity contribution in [1.29, 1.82) is 0 Å². The topological polar surface area (TPSA) is 68.5 Å². The van der Waals surface area contributed by atoms with Crippen molar-refractivity contribution in [2.75, 3.05) is 12.0 Å². The molecule has 0 aliphatic rings. The van der Waals surface area contributed by atoms with E-state index in [0.29, 0.717) is 10.4 Å². The van der Waals surface area contributed by atoms with Crippen LogP contribution in [0.3, 0.4) is 0 Å². The summed E-state index contributed by atoms with van der Waals surface area (Å²) >= 11 is 2.94. The van der Waals surface area contributed by atoms with Gasteiger partial charge in [0.15, 0.2) is 14.6 Å². The van der Waals surface area contributed by atoms with E-state index in [1.165, 1.54) is 11.3 Å². The second-order valence-electron chi connectivity index (χ2n) is 6.03. The Morgan fingerprint density at radius 1 is 1.25 bits per heavy atom. The highest BCUT2D eigenvalue weighted by atomic mass is 32.2. The number of terminal acetylenes is 1. The van der Waals surface area contributed by atoms with Gasteiger partial charge in [-0.15, -0.1) is 18.2 Å². The molecule has 1 amide bonds. The van der Waals surface area contributed by atoms with Crippen LogP contribution in [0.4, 0.5) is 0 Å². The van der Waals surface area contributed by atoms with Crippen molar-refractivity contribution in [1.82, 2.24) is 4.57 Å². The van der Waals surface area contributed by atoms with Crippen LogP contribution < -0.4 is 4.80 Å². The zero-order valence-electron chi connectivity index (χ0n) is 15.2. The molecule has 0 N–H and O–H groups in total. The number of nitrogens with zero attached hydrogens (tertiary/aromatic N) is 2. The van der Waals surface area contributed by atoms with Crippen molar-refractivity contribution in [3.63, 3.8) is 0 Å². The molecule has 0 bridgehead atoms. The maximum Gasteiger partial charge on any atom is 0.263 e. The maximum atomic E-state index is 12.4. The standard InChI is InChI=1S/C20H18N2O3S3/c1-3-11-22-17-10-9-16(26-2)12-18(17)27-20(22)21-19(23)14-28(24,25)13-15-7-5-4-6-8-15/h1,4-10,12H,11,13-14H2,2H3. The lowest BCUT2D eigenvalue weighted by Gasteiger charge is -2.02. The van der Waals surface area contributed by atoms with E-state index in [2.05, 4.69) is 10.9 Å². The van der Waals surface area contributed by atoms with Crippen molar-refractivity contribution in [2.45, 2.75) is 17.2 Å². The molecule has 28 heavy (non-hydrogen) atoms. The molecular formula is C20H18N2O3S3. The number of aromatic nitrogens is 1. The molecule has 0 fully saturated rings. The summed E-state index contributed by atoms with van der Waals surface area (Å²) in [6, 6.07) is 14.7. The molecule has 8 heteroatoms. The lowest BCUT2D eigenvalue weighted by molar-refractivity contribution is -0.115. The summed E-state index contributed by atoms with van der Waals surface area (Å²) in [7, 11) is -3.61. The van der Waals surface area contributed by atoms with Crippen LogP contribution in [0.5, 0.6) is 0 Å². The molecule has 0 spiro atoms. The molecule has 0 radical (unpaired) electrons. The van der Waals surface area contributed by atoms with Crippen LogP contribution in [-0.2, 0) is 26.9 Å². The first-order valence-electron chi connectivity index (χ1n) is 8.34. The fourth-order valence-corrected chi connectivity index (χ4v) is 5.56. The van der Waals surface area contributed by atoms with E-state index in [1.54, 1.807) is 40.6 Å². The van der Waals surface area contributed by atoms with Gasteiger partial charge in [0.05, 0.1) is 22.5 Å². The zero-order chi connectivity index (χ0) is 20.1. The summed E-state index contributed by atoms with van der Waals surface area (Å²) in [6.07, 6.45) is 7.44. The number of thiazole rings is 1. The first-order chi connectivity index (χ1) is 13.4. The largest absolute Gasteiger partial charge is 0.305 e. The van der Waals surface area contributed by atoms with E-state index in [-0.39, 0.29) is 12.3 Å². The van der Waals surface area contributed by atoms with Gasteiger partial charge in [0.1, 0.15) is 5.75 Å². The van der Waals surface area contributed by atoms with Gasteiger partial charge in [0, 0.05) is 4.90 Å². The average molecular weight is 431 g/mol. The minimum atomic E-state index is -3.61. The van der Waals surface area contributed by atoms with Gasteiger partial charge >= 0.3 is 0 Å². The summed E-state index contributed by atoms with van der Waals surface area (Å²) in [5.74, 6) is 1.04. The van der Waals surface area contributed by atoms with Gasteiger partial charge in [0.2, 0.25) is 0 Å². The zero-order valence-corrected chi connectivity index (χ0v) is 17.6. The van der Waals surface area contributed by atoms with Gasteiger partial charge in [0.25, 0.3) is 5.91 Å². The van der Waals surface area contributed by atoms with Crippen LogP contribution in [0.2, 0.25) is 0 Å². The molecule has 144 valence electrons. The van der Waals surface area contributed by atoms with Crippen LogP contribution >= 0.6 is 23.1 Å². The Morgan fingerprint density at radius 3 is 2.68 bits per heavy atom. The minimum Gasteiger partial charge on any atom is -0.305 e. The van der Waals surface area contributed by atoms with E-state index in [1.807, 2.05) is 30.5 Å². The molecule has 0 aliphatic carbocycles. The number of hydrogen-bond donors (Lipinski definition) is 0. The smallest absolute Gasteiger partial charge is 0.263 e. The summed E-state index contributed by atoms with van der Waals surface area (Å²) in [4.78, 5) is 17.9. The summed E-state index contributed by atoms with van der Waals surface area (Å²) in [5, 5.41) is 0. The first kappa shape index (κ1) is 20.4. The fraction of sp³-hybridized carbons (Fsp3) is 0.200. The predicted molar refractivity (Wildman–Crippen MR) is 115 cm³/mol. The number of rotatable bonds is 6. The highest BCUT2D eigenvalue weighted by Crippen LogP contribution is 2.24. The van der Waals surface area contributed by atoms with E-state index >= 15 is 0 Å². The van der Waals surface area contributed by atoms with Gasteiger partial charge in [-0.3, -0.25) is 4.79 Å². The van der Waals surface area contributed by atoms with Crippen LogP contribution in [0.1, 0.15) is 5.56 Å². The second kappa shape index (κ2) is 8.78. The van der Waals surface area contributed by atoms with Crippen molar-refractivity contribution in [2.24, 2.45) is 4.99 Å². The molecular weight excluding hydrogens is 412 g/mol. The number of carbonyl (C=O) groups is 1. The molecule has 0 unspecified atom stereocenters. The van der Waals surface area contributed by atoms with Crippen LogP contribution in [0.25, 0.3) is 10.2 Å². The van der Waals surface area contributed by atoms with E-state index < -0.39 is 21.5 Å². The number of amides is 1. The Bertz CT molecular complexity index is 1220. The second-order valence-corrected chi connectivity index (χ2v) is 9.99. The first-order valence-corrected chi connectivity index (χ1v) is 12.2. The van der Waals surface area contributed by atoms with Crippen LogP contribution in [0, 0.1) is 12.3 Å². The quantitative estimate of drug-likeness (QED) is 0.445. The average Bonchev–Trinajstić information content (AvgIpc) is 2.98. The summed E-state index contributed by atoms with van der Waals surface area (Å²) in [6.45, 7) is 0.251. The van der Waals surface area contributed by atoms with Gasteiger partial charge in [-0.2, -0.15) is 4.99 Å². The van der Waals surface area contributed by atoms with E-state index in [0.717, 1.165) is 15.1 Å². The number of thioether (sulfide) groups is 1.